The van der Waals surface area contributed by atoms with E-state index in [0.29, 0.717) is 18.1 Å². The van der Waals surface area contributed by atoms with Crippen molar-refractivity contribution in [1.82, 2.24) is 0 Å². The summed E-state index contributed by atoms with van der Waals surface area (Å²) in [4.78, 5) is 0. The van der Waals surface area contributed by atoms with Crippen molar-refractivity contribution >= 4 is 0 Å². The molecule has 2 aliphatic rings. The molecule has 3 atom stereocenters. The zero-order chi connectivity index (χ0) is 10.5. The fraction of sp³-hybridized carbons (Fsp3) is 1.00. The summed E-state index contributed by atoms with van der Waals surface area (Å²) >= 11 is 0. The lowest BCUT2D eigenvalue weighted by atomic mass is 9.93. The van der Waals surface area contributed by atoms with Gasteiger partial charge in [-0.25, -0.2) is 0 Å². The molecule has 2 rings (SSSR count). The zero-order valence-corrected chi connectivity index (χ0v) is 9.49. The zero-order valence-electron chi connectivity index (χ0n) is 9.49. The summed E-state index contributed by atoms with van der Waals surface area (Å²) in [7, 11) is 0. The predicted molar refractivity (Wildman–Crippen MR) is 59.7 cm³/mol. The van der Waals surface area contributed by atoms with Gasteiger partial charge in [0.1, 0.15) is 0 Å². The van der Waals surface area contributed by atoms with E-state index in [1.165, 1.54) is 19.3 Å². The second-order valence-corrected chi connectivity index (χ2v) is 4.85. The van der Waals surface area contributed by atoms with Gasteiger partial charge in [0.25, 0.3) is 0 Å². The average molecular weight is 213 g/mol. The van der Waals surface area contributed by atoms with Gasteiger partial charge in [0, 0.05) is 19.3 Å². The molecule has 2 fully saturated rings. The first kappa shape index (κ1) is 11.4. The van der Waals surface area contributed by atoms with Crippen molar-refractivity contribution in [3.63, 3.8) is 0 Å². The standard InChI is InChI=1S/C12H23NO2/c13-12(10-6-8-14-9-10)5-4-11-3-1-2-7-15-11/h10-12H,1-9,13H2. The van der Waals surface area contributed by atoms with Crippen molar-refractivity contribution < 1.29 is 9.47 Å². The fourth-order valence-electron chi connectivity index (χ4n) is 2.54. The lowest BCUT2D eigenvalue weighted by Crippen LogP contribution is -2.32. The van der Waals surface area contributed by atoms with Crippen molar-refractivity contribution in [3.05, 3.63) is 0 Å². The van der Waals surface area contributed by atoms with Crippen LogP contribution in [0.2, 0.25) is 0 Å². The van der Waals surface area contributed by atoms with Gasteiger partial charge < -0.3 is 15.2 Å². The van der Waals surface area contributed by atoms with Crippen LogP contribution in [-0.2, 0) is 9.47 Å². The van der Waals surface area contributed by atoms with Crippen molar-refractivity contribution in [2.75, 3.05) is 19.8 Å². The molecule has 2 N–H and O–H groups in total. The largest absolute Gasteiger partial charge is 0.381 e. The number of nitrogens with two attached hydrogens (primary N) is 1. The van der Waals surface area contributed by atoms with Gasteiger partial charge in [-0.05, 0) is 44.4 Å². The SMILES string of the molecule is NC(CCC1CCCCO1)C1CCOC1. The Kier molecular flexibility index (Phi) is 4.42. The van der Waals surface area contributed by atoms with Crippen LogP contribution in [0.4, 0.5) is 0 Å². The number of hydrogen-bond donors (Lipinski definition) is 1. The third-order valence-electron chi connectivity index (χ3n) is 3.67. The molecule has 0 aliphatic carbocycles. The van der Waals surface area contributed by atoms with Gasteiger partial charge in [-0.15, -0.1) is 0 Å². The minimum atomic E-state index is 0.318. The molecular formula is C12H23NO2. The second-order valence-electron chi connectivity index (χ2n) is 4.85. The van der Waals surface area contributed by atoms with Crippen molar-refractivity contribution in [3.8, 4) is 0 Å². The van der Waals surface area contributed by atoms with Gasteiger partial charge in [-0.1, -0.05) is 0 Å². The number of rotatable bonds is 4. The van der Waals surface area contributed by atoms with Gasteiger partial charge in [-0.2, -0.15) is 0 Å². The highest BCUT2D eigenvalue weighted by Crippen LogP contribution is 2.22. The highest BCUT2D eigenvalue weighted by molar-refractivity contribution is 4.78. The molecule has 3 unspecified atom stereocenters. The third-order valence-corrected chi connectivity index (χ3v) is 3.67. The van der Waals surface area contributed by atoms with E-state index in [-0.39, 0.29) is 0 Å². The summed E-state index contributed by atoms with van der Waals surface area (Å²) in [5, 5.41) is 0. The minimum Gasteiger partial charge on any atom is -0.381 e. The van der Waals surface area contributed by atoms with Crippen LogP contribution in [-0.4, -0.2) is 32.0 Å². The number of ether oxygens (including phenoxy) is 2. The van der Waals surface area contributed by atoms with E-state index in [2.05, 4.69) is 0 Å². The first-order valence-electron chi connectivity index (χ1n) is 6.31. The van der Waals surface area contributed by atoms with Gasteiger partial charge >= 0.3 is 0 Å². The molecule has 15 heavy (non-hydrogen) atoms. The second kappa shape index (κ2) is 5.83. The van der Waals surface area contributed by atoms with Crippen molar-refractivity contribution in [2.24, 2.45) is 11.7 Å². The summed E-state index contributed by atoms with van der Waals surface area (Å²) in [6, 6.07) is 0.318. The van der Waals surface area contributed by atoms with Crippen molar-refractivity contribution in [2.45, 2.75) is 50.7 Å². The van der Waals surface area contributed by atoms with Crippen LogP contribution in [0.15, 0.2) is 0 Å². The van der Waals surface area contributed by atoms with Crippen molar-refractivity contribution in [1.29, 1.82) is 0 Å². The van der Waals surface area contributed by atoms with E-state index in [9.17, 15) is 0 Å². The topological polar surface area (TPSA) is 44.5 Å². The summed E-state index contributed by atoms with van der Waals surface area (Å²) in [5.41, 5.74) is 6.16. The molecule has 2 saturated heterocycles. The molecule has 88 valence electrons. The van der Waals surface area contributed by atoms with E-state index >= 15 is 0 Å². The summed E-state index contributed by atoms with van der Waals surface area (Å²) in [5.74, 6) is 0.591. The Morgan fingerprint density at radius 2 is 2.13 bits per heavy atom. The molecule has 2 aliphatic heterocycles. The molecule has 0 saturated carbocycles. The summed E-state index contributed by atoms with van der Waals surface area (Å²) in [6.07, 6.45) is 7.65. The lowest BCUT2D eigenvalue weighted by molar-refractivity contribution is 0.00816. The van der Waals surface area contributed by atoms with Crippen LogP contribution in [0.1, 0.15) is 38.5 Å². The maximum atomic E-state index is 6.16. The fourth-order valence-corrected chi connectivity index (χ4v) is 2.54. The predicted octanol–water partition coefficient (Wildman–Crippen LogP) is 1.70. The maximum absolute atomic E-state index is 6.16. The van der Waals surface area contributed by atoms with Crippen LogP contribution in [0.3, 0.4) is 0 Å². The molecule has 0 aromatic carbocycles. The van der Waals surface area contributed by atoms with Crippen LogP contribution in [0.5, 0.6) is 0 Å². The molecule has 0 aromatic rings. The van der Waals surface area contributed by atoms with Gasteiger partial charge in [0.2, 0.25) is 0 Å². The molecule has 2 heterocycles. The van der Waals surface area contributed by atoms with E-state index in [4.69, 9.17) is 15.2 Å². The average Bonchev–Trinajstić information content (AvgIpc) is 2.81. The molecule has 0 spiro atoms. The van der Waals surface area contributed by atoms with E-state index < -0.39 is 0 Å². The molecule has 0 radical (unpaired) electrons. The molecule has 0 amide bonds. The summed E-state index contributed by atoms with van der Waals surface area (Å²) in [6.45, 7) is 2.72. The van der Waals surface area contributed by atoms with E-state index in [0.717, 1.165) is 39.1 Å². The minimum absolute atomic E-state index is 0.318. The Bertz CT molecular complexity index is 174. The Morgan fingerprint density at radius 1 is 1.20 bits per heavy atom. The maximum Gasteiger partial charge on any atom is 0.0575 e. The Morgan fingerprint density at radius 3 is 2.80 bits per heavy atom. The van der Waals surface area contributed by atoms with Crippen LogP contribution < -0.4 is 5.73 Å². The monoisotopic (exact) mass is 213 g/mol. The Hall–Kier alpha value is -0.120. The Balaban J connectivity index is 1.63. The lowest BCUT2D eigenvalue weighted by Gasteiger charge is -2.25. The number of hydrogen-bond acceptors (Lipinski definition) is 3. The highest BCUT2D eigenvalue weighted by Gasteiger charge is 2.24. The van der Waals surface area contributed by atoms with E-state index in [1.54, 1.807) is 0 Å². The third kappa shape index (κ3) is 3.44. The van der Waals surface area contributed by atoms with Gasteiger partial charge in [-0.3, -0.25) is 0 Å². The molecule has 0 bridgehead atoms. The molecule has 3 heteroatoms. The molecule has 3 nitrogen and oxygen atoms in total. The molecule has 0 aromatic heterocycles. The van der Waals surface area contributed by atoms with Crippen LogP contribution in [0.25, 0.3) is 0 Å². The molecular weight excluding hydrogens is 190 g/mol. The first-order valence-corrected chi connectivity index (χ1v) is 6.31. The van der Waals surface area contributed by atoms with Gasteiger partial charge in [0.15, 0.2) is 0 Å². The smallest absolute Gasteiger partial charge is 0.0575 e. The first-order chi connectivity index (χ1) is 7.36. The normalized spacial score (nSPS) is 34.2. The quantitative estimate of drug-likeness (QED) is 0.773. The van der Waals surface area contributed by atoms with Crippen LogP contribution in [0, 0.1) is 5.92 Å². The Labute approximate surface area is 92.3 Å². The van der Waals surface area contributed by atoms with Crippen LogP contribution >= 0.6 is 0 Å². The van der Waals surface area contributed by atoms with E-state index in [1.807, 2.05) is 0 Å². The van der Waals surface area contributed by atoms with Gasteiger partial charge in [0.05, 0.1) is 12.7 Å². The highest BCUT2D eigenvalue weighted by atomic mass is 16.5. The summed E-state index contributed by atoms with van der Waals surface area (Å²) < 4.78 is 11.1.